The molecule has 26 heavy (non-hydrogen) atoms. The van der Waals surface area contributed by atoms with Crippen molar-refractivity contribution in [2.24, 2.45) is 5.16 Å². The molecule has 6 heteroatoms. The molecule has 0 bridgehead atoms. The highest BCUT2D eigenvalue weighted by Crippen LogP contribution is 2.38. The van der Waals surface area contributed by atoms with Gasteiger partial charge in [0.2, 0.25) is 0 Å². The van der Waals surface area contributed by atoms with Gasteiger partial charge in [0.15, 0.2) is 11.6 Å². The van der Waals surface area contributed by atoms with Gasteiger partial charge in [0.05, 0.1) is 31.1 Å². The Bertz CT molecular complexity index is 749. The van der Waals surface area contributed by atoms with Gasteiger partial charge in [-0.1, -0.05) is 31.3 Å². The summed E-state index contributed by atoms with van der Waals surface area (Å²) >= 11 is 0. The van der Waals surface area contributed by atoms with Crippen LogP contribution in [0.5, 0.6) is 11.5 Å². The number of carbonyl (C=O) groups excluding carboxylic acids is 2. The maximum Gasteiger partial charge on any atom is 0.190 e. The number of oxime groups is 1. The second-order valence-corrected chi connectivity index (χ2v) is 6.00. The lowest BCUT2D eigenvalue weighted by Crippen LogP contribution is -2.18. The van der Waals surface area contributed by atoms with E-state index in [1.54, 1.807) is 6.07 Å². The highest BCUT2D eigenvalue weighted by molar-refractivity contribution is 6.25. The van der Waals surface area contributed by atoms with Crippen LogP contribution in [-0.4, -0.2) is 38.6 Å². The summed E-state index contributed by atoms with van der Waals surface area (Å²) in [7, 11) is 4.42. The van der Waals surface area contributed by atoms with Crippen LogP contribution in [0.3, 0.4) is 0 Å². The number of methoxy groups -OCH3 is 2. The summed E-state index contributed by atoms with van der Waals surface area (Å²) in [6.07, 6.45) is 7.46. The summed E-state index contributed by atoms with van der Waals surface area (Å²) in [5, 5.41) is 4.14. The van der Waals surface area contributed by atoms with Crippen molar-refractivity contribution in [2.45, 2.75) is 39.0 Å². The van der Waals surface area contributed by atoms with Crippen LogP contribution in [0.2, 0.25) is 0 Å². The number of hydrogen-bond acceptors (Lipinski definition) is 6. The number of unbranched alkanes of at least 4 members (excludes halogenated alkanes) is 3. The van der Waals surface area contributed by atoms with E-state index in [0.717, 1.165) is 25.7 Å². The second kappa shape index (κ2) is 9.17. The molecule has 0 saturated heterocycles. The quantitative estimate of drug-likeness (QED) is 0.379. The van der Waals surface area contributed by atoms with Crippen molar-refractivity contribution in [3.63, 3.8) is 0 Å². The number of carbonyl (C=O) groups is 2. The van der Waals surface area contributed by atoms with E-state index in [1.807, 2.05) is 0 Å². The fourth-order valence-corrected chi connectivity index (χ4v) is 3.08. The van der Waals surface area contributed by atoms with Crippen LogP contribution < -0.4 is 9.47 Å². The molecule has 0 amide bonds. The summed E-state index contributed by atoms with van der Waals surface area (Å²) in [6, 6.07) is 1.69. The number of ketones is 2. The molecule has 1 aliphatic carbocycles. The number of nitrogens with zero attached hydrogens (tertiary/aromatic N) is 1. The molecule has 1 aromatic carbocycles. The average molecular weight is 359 g/mol. The first-order chi connectivity index (χ1) is 12.6. The molecule has 140 valence electrons. The lowest BCUT2D eigenvalue weighted by Gasteiger charge is -2.20. The molecule has 2 rings (SSSR count). The SMILES string of the molecule is CCCCCC/C(=N\OC)c1cc(OC)c2c(c1OC)C(=O)C=CC2=O. The maximum absolute atomic E-state index is 12.5. The van der Waals surface area contributed by atoms with Gasteiger partial charge in [-0.2, -0.15) is 0 Å². The zero-order valence-electron chi connectivity index (χ0n) is 15.8. The molecule has 6 nitrogen and oxygen atoms in total. The Labute approximate surface area is 153 Å². The van der Waals surface area contributed by atoms with Crippen molar-refractivity contribution in [2.75, 3.05) is 21.3 Å². The van der Waals surface area contributed by atoms with E-state index >= 15 is 0 Å². The molecule has 0 fully saturated rings. The van der Waals surface area contributed by atoms with Crippen molar-refractivity contribution in [3.8, 4) is 11.5 Å². The van der Waals surface area contributed by atoms with Gasteiger partial charge in [0.25, 0.3) is 0 Å². The molecule has 1 aromatic rings. The van der Waals surface area contributed by atoms with E-state index in [0.29, 0.717) is 29.2 Å². The number of hydrogen-bond donors (Lipinski definition) is 0. The van der Waals surface area contributed by atoms with Crippen LogP contribution in [0.15, 0.2) is 23.4 Å². The minimum absolute atomic E-state index is 0.215. The fourth-order valence-electron chi connectivity index (χ4n) is 3.08. The average Bonchev–Trinajstić information content (AvgIpc) is 2.65. The standard InChI is InChI=1S/C20H25NO5/c1-5-6-7-8-9-14(21-26-4)13-12-17(24-2)18-15(22)10-11-16(23)19(18)20(13)25-3/h10-12H,5-9H2,1-4H3/b21-14+. The van der Waals surface area contributed by atoms with Gasteiger partial charge in [0.1, 0.15) is 18.6 Å². The first-order valence-electron chi connectivity index (χ1n) is 8.75. The fraction of sp³-hybridized carbons (Fsp3) is 0.450. The van der Waals surface area contributed by atoms with Crippen LogP contribution in [0.4, 0.5) is 0 Å². The maximum atomic E-state index is 12.5. The Kier molecular flexibility index (Phi) is 6.95. The predicted octanol–water partition coefficient (Wildman–Crippen LogP) is 3.96. The topological polar surface area (TPSA) is 74.2 Å². The lowest BCUT2D eigenvalue weighted by molar-refractivity contribution is 0.0989. The van der Waals surface area contributed by atoms with Gasteiger partial charge >= 0.3 is 0 Å². The largest absolute Gasteiger partial charge is 0.496 e. The Morgan fingerprint density at radius 2 is 1.65 bits per heavy atom. The molecule has 0 aliphatic heterocycles. The van der Waals surface area contributed by atoms with Crippen LogP contribution in [0, 0.1) is 0 Å². The van der Waals surface area contributed by atoms with Crippen molar-refractivity contribution in [1.29, 1.82) is 0 Å². The minimum atomic E-state index is -0.292. The first kappa shape index (κ1) is 19.7. The first-order valence-corrected chi connectivity index (χ1v) is 8.75. The summed E-state index contributed by atoms with van der Waals surface area (Å²) in [5.41, 5.74) is 1.71. The van der Waals surface area contributed by atoms with Crippen LogP contribution in [-0.2, 0) is 4.84 Å². The zero-order valence-corrected chi connectivity index (χ0v) is 15.8. The second-order valence-electron chi connectivity index (χ2n) is 6.00. The smallest absolute Gasteiger partial charge is 0.190 e. The van der Waals surface area contributed by atoms with Gasteiger partial charge in [-0.25, -0.2) is 0 Å². The molecule has 0 atom stereocenters. The van der Waals surface area contributed by atoms with Gasteiger partial charge in [-0.15, -0.1) is 0 Å². The van der Waals surface area contributed by atoms with Crippen LogP contribution in [0.25, 0.3) is 0 Å². The molecule has 0 radical (unpaired) electrons. The molecular formula is C20H25NO5. The van der Waals surface area contributed by atoms with E-state index in [2.05, 4.69) is 12.1 Å². The summed E-state index contributed by atoms with van der Waals surface area (Å²) < 4.78 is 10.9. The van der Waals surface area contributed by atoms with E-state index in [9.17, 15) is 9.59 Å². The molecule has 0 saturated carbocycles. The third-order valence-electron chi connectivity index (χ3n) is 4.33. The van der Waals surface area contributed by atoms with Gasteiger partial charge in [0, 0.05) is 5.56 Å². The number of rotatable bonds is 9. The van der Waals surface area contributed by atoms with Gasteiger partial charge in [-0.3, -0.25) is 9.59 Å². The highest BCUT2D eigenvalue weighted by atomic mass is 16.6. The highest BCUT2D eigenvalue weighted by Gasteiger charge is 2.31. The van der Waals surface area contributed by atoms with E-state index in [1.165, 1.54) is 33.5 Å². The minimum Gasteiger partial charge on any atom is -0.496 e. The van der Waals surface area contributed by atoms with Crippen molar-refractivity contribution >= 4 is 17.3 Å². The molecule has 0 unspecified atom stereocenters. The Morgan fingerprint density at radius 1 is 0.962 bits per heavy atom. The lowest BCUT2D eigenvalue weighted by atomic mass is 9.88. The molecule has 0 spiro atoms. The number of benzene rings is 1. The third kappa shape index (κ3) is 3.95. The number of fused-ring (bicyclic) bond motifs is 1. The van der Waals surface area contributed by atoms with Crippen molar-refractivity contribution in [3.05, 3.63) is 34.9 Å². The van der Waals surface area contributed by atoms with E-state index in [-0.39, 0.29) is 22.7 Å². The predicted molar refractivity (Wildman–Crippen MR) is 99.7 cm³/mol. The summed E-state index contributed by atoms with van der Waals surface area (Å²) in [6.45, 7) is 2.15. The van der Waals surface area contributed by atoms with Gasteiger partial charge < -0.3 is 14.3 Å². The van der Waals surface area contributed by atoms with Gasteiger partial charge in [-0.05, 0) is 31.1 Å². The number of ether oxygens (including phenoxy) is 2. The zero-order chi connectivity index (χ0) is 19.1. The van der Waals surface area contributed by atoms with Crippen LogP contribution >= 0.6 is 0 Å². The van der Waals surface area contributed by atoms with Crippen molar-refractivity contribution in [1.82, 2.24) is 0 Å². The van der Waals surface area contributed by atoms with Crippen molar-refractivity contribution < 1.29 is 23.9 Å². The molecule has 0 aromatic heterocycles. The molecule has 1 aliphatic rings. The van der Waals surface area contributed by atoms with Crippen LogP contribution in [0.1, 0.15) is 65.3 Å². The Hall–Kier alpha value is -2.63. The van der Waals surface area contributed by atoms with E-state index in [4.69, 9.17) is 14.3 Å². The Morgan fingerprint density at radius 3 is 2.23 bits per heavy atom. The molecular weight excluding hydrogens is 334 g/mol. The third-order valence-corrected chi connectivity index (χ3v) is 4.33. The van der Waals surface area contributed by atoms with E-state index < -0.39 is 0 Å². The number of allylic oxidation sites excluding steroid dienone is 2. The molecule has 0 N–H and O–H groups in total. The summed E-state index contributed by atoms with van der Waals surface area (Å²) in [5.74, 6) is 0.0829. The molecule has 0 heterocycles. The summed E-state index contributed by atoms with van der Waals surface area (Å²) in [4.78, 5) is 29.8. The Balaban J connectivity index is 2.57. The monoisotopic (exact) mass is 359 g/mol. The normalized spacial score (nSPS) is 13.6.